The van der Waals surface area contributed by atoms with Crippen LogP contribution in [0, 0.1) is 12.3 Å². The van der Waals surface area contributed by atoms with Gasteiger partial charge < -0.3 is 4.74 Å². The van der Waals surface area contributed by atoms with Gasteiger partial charge in [0.05, 0.1) is 0 Å². The first kappa shape index (κ1) is 9.49. The van der Waals surface area contributed by atoms with E-state index in [2.05, 4.69) is 32.0 Å². The first-order valence-electron chi connectivity index (χ1n) is 3.19. The van der Waals surface area contributed by atoms with Crippen LogP contribution in [0.4, 0.5) is 0 Å². The lowest BCUT2D eigenvalue weighted by atomic mass is 10.2. The summed E-state index contributed by atoms with van der Waals surface area (Å²) >= 11 is 4.48. The zero-order chi connectivity index (χ0) is 9.19. The van der Waals surface area contributed by atoms with E-state index >= 15 is 0 Å². The Bertz CT molecular complexity index is 315. The fraction of sp³-hybridized carbons (Fsp3) is 0.429. The third kappa shape index (κ3) is 2.47. The minimum atomic E-state index is -0.626. The molecule has 12 heavy (non-hydrogen) atoms. The van der Waals surface area contributed by atoms with Gasteiger partial charge in [0.15, 0.2) is 9.52 Å². The monoisotopic (exact) mass is 246 g/mol. The Balaban J connectivity index is 2.72. The van der Waals surface area contributed by atoms with E-state index in [4.69, 9.17) is 11.2 Å². The molecule has 0 aliphatic carbocycles. The van der Waals surface area contributed by atoms with Crippen LogP contribution >= 0.6 is 27.3 Å². The van der Waals surface area contributed by atoms with Crippen LogP contribution < -0.4 is 4.74 Å². The van der Waals surface area contributed by atoms with E-state index in [1.54, 1.807) is 13.8 Å². The van der Waals surface area contributed by atoms with Gasteiger partial charge in [-0.05, 0) is 41.1 Å². The average molecular weight is 247 g/mol. The van der Waals surface area contributed by atoms with Gasteiger partial charge in [0.1, 0.15) is 0 Å². The molecule has 0 bridgehead atoms. The molecule has 0 aliphatic rings. The second-order valence-electron chi connectivity index (χ2n) is 2.58. The minimum absolute atomic E-state index is 0.477. The molecule has 1 aromatic heterocycles. The number of nitrogens with zero attached hydrogens (tertiary/aromatic N) is 2. The fourth-order valence-corrected chi connectivity index (χ4v) is 1.53. The van der Waals surface area contributed by atoms with Crippen molar-refractivity contribution in [1.82, 2.24) is 10.2 Å². The molecule has 1 heterocycles. The predicted molar refractivity (Wildman–Crippen MR) is 51.1 cm³/mol. The van der Waals surface area contributed by atoms with Crippen molar-refractivity contribution < 1.29 is 4.74 Å². The molecule has 5 heteroatoms. The summed E-state index contributed by atoms with van der Waals surface area (Å²) in [5, 5.41) is 7.96. The summed E-state index contributed by atoms with van der Waals surface area (Å²) in [7, 11) is 0. The van der Waals surface area contributed by atoms with Crippen molar-refractivity contribution in [3.8, 4) is 17.5 Å². The summed E-state index contributed by atoms with van der Waals surface area (Å²) in [4.78, 5) is 0. The van der Waals surface area contributed by atoms with Crippen LogP contribution in [0.15, 0.2) is 3.92 Å². The molecule has 0 atom stereocenters. The lowest BCUT2D eigenvalue weighted by molar-refractivity contribution is 0.170. The molecule has 0 N–H and O–H groups in total. The van der Waals surface area contributed by atoms with Crippen molar-refractivity contribution in [2.24, 2.45) is 0 Å². The van der Waals surface area contributed by atoms with Crippen molar-refractivity contribution >= 4 is 27.3 Å². The van der Waals surface area contributed by atoms with Crippen LogP contribution in [0.1, 0.15) is 13.8 Å². The number of halogens is 1. The second kappa shape index (κ2) is 3.42. The van der Waals surface area contributed by atoms with Gasteiger partial charge in [-0.2, -0.15) is 0 Å². The maximum Gasteiger partial charge on any atom is 0.296 e. The Kier molecular flexibility index (Phi) is 2.70. The lowest BCUT2D eigenvalue weighted by Gasteiger charge is -2.16. The Labute approximate surface area is 83.3 Å². The van der Waals surface area contributed by atoms with Crippen molar-refractivity contribution in [3.63, 3.8) is 0 Å². The number of hydrogen-bond donors (Lipinski definition) is 0. The number of terminal acetylenes is 1. The summed E-state index contributed by atoms with van der Waals surface area (Å²) in [5.41, 5.74) is -0.626. The molecule has 1 aromatic rings. The second-order valence-corrected chi connectivity index (χ2v) is 4.79. The maximum absolute atomic E-state index is 5.35. The third-order valence-corrected chi connectivity index (χ3v) is 2.31. The number of aromatic nitrogens is 2. The average Bonchev–Trinajstić information content (AvgIpc) is 2.35. The third-order valence-electron chi connectivity index (χ3n) is 1.07. The van der Waals surface area contributed by atoms with Crippen molar-refractivity contribution in [3.05, 3.63) is 3.92 Å². The van der Waals surface area contributed by atoms with Crippen LogP contribution in [-0.4, -0.2) is 15.8 Å². The molecule has 1 rings (SSSR count). The predicted octanol–water partition coefficient (Wildman–Crippen LogP) is 2.09. The van der Waals surface area contributed by atoms with Gasteiger partial charge in [0, 0.05) is 0 Å². The van der Waals surface area contributed by atoms with Crippen LogP contribution in [0.25, 0.3) is 0 Å². The highest BCUT2D eigenvalue weighted by Gasteiger charge is 2.17. The van der Waals surface area contributed by atoms with E-state index in [-0.39, 0.29) is 0 Å². The largest absolute Gasteiger partial charge is 0.450 e. The smallest absolute Gasteiger partial charge is 0.296 e. The number of hydrogen-bond acceptors (Lipinski definition) is 4. The summed E-state index contributed by atoms with van der Waals surface area (Å²) in [6.07, 6.45) is 5.23. The molecule has 64 valence electrons. The topological polar surface area (TPSA) is 35.0 Å². The van der Waals surface area contributed by atoms with Gasteiger partial charge in [0.2, 0.25) is 0 Å². The number of rotatable bonds is 2. The van der Waals surface area contributed by atoms with Crippen molar-refractivity contribution in [1.29, 1.82) is 0 Å². The fourth-order valence-electron chi connectivity index (χ4n) is 0.482. The van der Waals surface area contributed by atoms with Crippen molar-refractivity contribution in [2.45, 2.75) is 19.4 Å². The molecule has 0 saturated heterocycles. The lowest BCUT2D eigenvalue weighted by Crippen LogP contribution is -2.25. The SMILES string of the molecule is C#CC(C)(C)Oc1nnc(Br)s1. The van der Waals surface area contributed by atoms with E-state index in [0.717, 1.165) is 0 Å². The van der Waals surface area contributed by atoms with Gasteiger partial charge in [-0.25, -0.2) is 0 Å². The van der Waals surface area contributed by atoms with Gasteiger partial charge in [-0.1, -0.05) is 11.0 Å². The highest BCUT2D eigenvalue weighted by Crippen LogP contribution is 2.25. The Morgan fingerprint density at radius 2 is 2.25 bits per heavy atom. The normalized spacial score (nSPS) is 10.8. The Morgan fingerprint density at radius 1 is 1.58 bits per heavy atom. The van der Waals surface area contributed by atoms with E-state index in [0.29, 0.717) is 9.11 Å². The molecule has 0 unspecified atom stereocenters. The van der Waals surface area contributed by atoms with E-state index in [1.165, 1.54) is 11.3 Å². The first-order chi connectivity index (χ1) is 5.53. The first-order valence-corrected chi connectivity index (χ1v) is 4.80. The highest BCUT2D eigenvalue weighted by atomic mass is 79.9. The van der Waals surface area contributed by atoms with Gasteiger partial charge >= 0.3 is 0 Å². The van der Waals surface area contributed by atoms with Gasteiger partial charge in [-0.15, -0.1) is 11.5 Å². The molecule has 3 nitrogen and oxygen atoms in total. The van der Waals surface area contributed by atoms with Gasteiger partial charge in [0.25, 0.3) is 5.19 Å². The van der Waals surface area contributed by atoms with Crippen LogP contribution in [0.2, 0.25) is 0 Å². The summed E-state index contributed by atoms with van der Waals surface area (Å²) < 4.78 is 6.04. The van der Waals surface area contributed by atoms with E-state index in [1.807, 2.05) is 0 Å². The summed E-state index contributed by atoms with van der Waals surface area (Å²) in [6.45, 7) is 3.59. The maximum atomic E-state index is 5.35. The van der Waals surface area contributed by atoms with E-state index < -0.39 is 5.60 Å². The quantitative estimate of drug-likeness (QED) is 0.750. The highest BCUT2D eigenvalue weighted by molar-refractivity contribution is 9.11. The molecule has 0 spiro atoms. The van der Waals surface area contributed by atoms with Crippen LogP contribution in [0.3, 0.4) is 0 Å². The molecule has 0 aromatic carbocycles. The zero-order valence-electron chi connectivity index (χ0n) is 6.67. The van der Waals surface area contributed by atoms with Crippen LogP contribution in [0.5, 0.6) is 5.19 Å². The molecule has 0 saturated carbocycles. The standard InChI is InChI=1S/C7H7BrN2OS/c1-4-7(2,3)11-6-10-9-5(8)12-6/h1H,2-3H3. The van der Waals surface area contributed by atoms with Crippen LogP contribution in [-0.2, 0) is 0 Å². The molecular weight excluding hydrogens is 240 g/mol. The Morgan fingerprint density at radius 3 is 2.67 bits per heavy atom. The van der Waals surface area contributed by atoms with Gasteiger partial charge in [-0.3, -0.25) is 0 Å². The summed E-state index contributed by atoms with van der Waals surface area (Å²) in [6, 6.07) is 0. The van der Waals surface area contributed by atoms with Crippen molar-refractivity contribution in [2.75, 3.05) is 0 Å². The Hall–Kier alpha value is -0.600. The molecular formula is C7H7BrN2OS. The minimum Gasteiger partial charge on any atom is -0.450 e. The molecule has 0 radical (unpaired) electrons. The van der Waals surface area contributed by atoms with E-state index in [9.17, 15) is 0 Å². The summed E-state index contributed by atoms with van der Waals surface area (Å²) in [5.74, 6) is 2.50. The molecule has 0 fully saturated rings. The zero-order valence-corrected chi connectivity index (χ0v) is 9.07. The molecule has 0 aliphatic heterocycles. The molecule has 0 amide bonds. The number of ether oxygens (including phenoxy) is 1.